The van der Waals surface area contributed by atoms with E-state index in [1.54, 1.807) is 0 Å². The monoisotopic (exact) mass is 266 g/mol. The molecule has 0 aromatic rings. The Balaban J connectivity index is 0. The standard InChI is InChI=1S/Ba.BrH.FH.Mg.4H/h;2*1H;;;;;/q+2;;;+2;4*-1. The summed E-state index contributed by atoms with van der Waals surface area (Å²) in [6, 6.07) is 0. The molecule has 0 aliphatic carbocycles. The molecule has 0 aromatic carbocycles. The van der Waals surface area contributed by atoms with Gasteiger partial charge >= 0.3 is 71.9 Å². The molecule has 0 fully saturated rings. The van der Waals surface area contributed by atoms with Crippen molar-refractivity contribution in [3.63, 3.8) is 0 Å². The molecule has 0 saturated heterocycles. The first-order valence-corrected chi connectivity index (χ1v) is 0. The Hall–Kier alpha value is 2.75. The smallest absolute Gasteiger partial charge is 1.00 e. The minimum absolute atomic E-state index is 0. The molecule has 0 rings (SSSR count). The van der Waals surface area contributed by atoms with Crippen molar-refractivity contribution in [1.82, 2.24) is 0 Å². The van der Waals surface area contributed by atoms with Crippen LogP contribution in [0, 0.1) is 0 Å². The molecular formula is H6BaBrFMg. The molecule has 4 heteroatoms. The Morgan fingerprint density at radius 2 is 1.25 bits per heavy atom. The summed E-state index contributed by atoms with van der Waals surface area (Å²) >= 11 is 0. The van der Waals surface area contributed by atoms with Crippen LogP contribution in [-0.4, -0.2) is 71.9 Å². The third-order valence-corrected chi connectivity index (χ3v) is 0. The van der Waals surface area contributed by atoms with E-state index < -0.39 is 0 Å². The van der Waals surface area contributed by atoms with E-state index in [1.165, 1.54) is 0 Å². The first-order chi connectivity index (χ1) is 0. The molecule has 0 aliphatic heterocycles. The van der Waals surface area contributed by atoms with E-state index in [0.29, 0.717) is 0 Å². The fraction of sp³-hybridized carbons (Fsp3) is 0. The van der Waals surface area contributed by atoms with E-state index >= 15 is 0 Å². The van der Waals surface area contributed by atoms with Gasteiger partial charge in [0.25, 0.3) is 0 Å². The van der Waals surface area contributed by atoms with E-state index in [-0.39, 0.29) is 99.3 Å². The Kier molecular flexibility index (Phi) is 127. The summed E-state index contributed by atoms with van der Waals surface area (Å²) in [7, 11) is 0. The van der Waals surface area contributed by atoms with Gasteiger partial charge < -0.3 is 5.71 Å². The molecule has 0 amide bonds. The summed E-state index contributed by atoms with van der Waals surface area (Å²) in [5.74, 6) is 0. The molecule has 0 aromatic heterocycles. The molecule has 0 unspecified atom stereocenters. The van der Waals surface area contributed by atoms with Crippen LogP contribution < -0.4 is 0 Å². The first-order valence-electron chi connectivity index (χ1n) is 0. The van der Waals surface area contributed by atoms with Crippen molar-refractivity contribution in [3.05, 3.63) is 0 Å². The van der Waals surface area contributed by atoms with Gasteiger partial charge in [0.15, 0.2) is 0 Å². The van der Waals surface area contributed by atoms with E-state index in [4.69, 9.17) is 0 Å². The van der Waals surface area contributed by atoms with Gasteiger partial charge in [-0.15, -0.1) is 17.0 Å². The van der Waals surface area contributed by atoms with Crippen LogP contribution in [0.2, 0.25) is 0 Å². The largest absolute Gasteiger partial charge is 2.00 e. The number of rotatable bonds is 0. The first kappa shape index (κ1) is 29.5. The van der Waals surface area contributed by atoms with Gasteiger partial charge in [0.1, 0.15) is 0 Å². The van der Waals surface area contributed by atoms with Gasteiger partial charge in [0.2, 0.25) is 0 Å². The maximum Gasteiger partial charge on any atom is 2.00 e. The zero-order valence-electron chi connectivity index (χ0n) is 6.23. The molecule has 0 bridgehead atoms. The van der Waals surface area contributed by atoms with E-state index in [2.05, 4.69) is 0 Å². The minimum Gasteiger partial charge on any atom is -1.00 e. The van der Waals surface area contributed by atoms with E-state index in [1.807, 2.05) is 0 Å². The molecular weight excluding hydrogens is 261 g/mol. The summed E-state index contributed by atoms with van der Waals surface area (Å²) in [4.78, 5) is 0. The van der Waals surface area contributed by atoms with E-state index in [9.17, 15) is 0 Å². The molecule has 0 heterocycles. The van der Waals surface area contributed by atoms with Crippen LogP contribution in [0.15, 0.2) is 0 Å². The molecule has 24 valence electrons. The topological polar surface area (TPSA) is 0 Å². The van der Waals surface area contributed by atoms with Crippen LogP contribution in [0.4, 0.5) is 4.70 Å². The van der Waals surface area contributed by atoms with Crippen molar-refractivity contribution in [2.75, 3.05) is 0 Å². The van der Waals surface area contributed by atoms with Gasteiger partial charge in [-0.2, -0.15) is 0 Å². The fourth-order valence-electron chi connectivity index (χ4n) is 0. The average molecular weight is 267 g/mol. The molecule has 0 aliphatic rings. The van der Waals surface area contributed by atoms with Gasteiger partial charge in [-0.3, -0.25) is 4.70 Å². The van der Waals surface area contributed by atoms with Crippen LogP contribution in [0.25, 0.3) is 0 Å². The zero-order valence-corrected chi connectivity index (χ0v) is 9.80. The van der Waals surface area contributed by atoms with Crippen molar-refractivity contribution < 1.29 is 10.4 Å². The number of hydrogen-bond donors (Lipinski definition) is 0. The summed E-state index contributed by atoms with van der Waals surface area (Å²) in [6.07, 6.45) is 0. The van der Waals surface area contributed by atoms with Crippen LogP contribution in [0.1, 0.15) is 5.71 Å². The van der Waals surface area contributed by atoms with Crippen molar-refractivity contribution in [2.45, 2.75) is 0 Å². The summed E-state index contributed by atoms with van der Waals surface area (Å²) in [6.45, 7) is 0. The zero-order chi connectivity index (χ0) is 0. The normalized spacial score (nSPS) is 0. The maximum absolute atomic E-state index is 0. The quantitative estimate of drug-likeness (QED) is 0.558. The summed E-state index contributed by atoms with van der Waals surface area (Å²) in [5.41, 5.74) is 0. The molecule has 0 saturated carbocycles. The molecule has 0 atom stereocenters. The second kappa shape index (κ2) is 17.2. The SMILES string of the molecule is Br.F.[Ba+2].[H-].[H-].[H-].[H-].[Mg+2]. The van der Waals surface area contributed by atoms with Gasteiger partial charge in [-0.1, -0.05) is 0 Å². The minimum atomic E-state index is 0. The number of halogens is 2. The summed E-state index contributed by atoms with van der Waals surface area (Å²) in [5, 5.41) is 0. The van der Waals surface area contributed by atoms with Crippen LogP contribution in [-0.2, 0) is 0 Å². The van der Waals surface area contributed by atoms with Crippen molar-refractivity contribution in [3.8, 4) is 0 Å². The Morgan fingerprint density at radius 1 is 1.25 bits per heavy atom. The third-order valence-electron chi connectivity index (χ3n) is 0. The van der Waals surface area contributed by atoms with Gasteiger partial charge in [0, 0.05) is 0 Å². The van der Waals surface area contributed by atoms with Gasteiger partial charge in [0.05, 0.1) is 0 Å². The van der Waals surface area contributed by atoms with E-state index in [0.717, 1.165) is 0 Å². The third kappa shape index (κ3) is 8.83. The fourth-order valence-corrected chi connectivity index (χ4v) is 0. The second-order valence-electron chi connectivity index (χ2n) is 0. The van der Waals surface area contributed by atoms with Crippen molar-refractivity contribution in [1.29, 1.82) is 0 Å². The molecule has 4 heavy (non-hydrogen) atoms. The molecule has 0 N–H and O–H groups in total. The molecule has 0 nitrogen and oxygen atoms in total. The predicted octanol–water partition coefficient (Wildman–Crippen LogP) is 0.419. The Morgan fingerprint density at radius 3 is 1.25 bits per heavy atom. The Bertz CT molecular complexity index is 16.0. The van der Waals surface area contributed by atoms with Crippen molar-refractivity contribution in [2.24, 2.45) is 0 Å². The van der Waals surface area contributed by atoms with Crippen molar-refractivity contribution >= 4 is 88.9 Å². The Labute approximate surface area is 97.4 Å². The van der Waals surface area contributed by atoms with Gasteiger partial charge in [-0.25, -0.2) is 0 Å². The second-order valence-corrected chi connectivity index (χ2v) is 0. The van der Waals surface area contributed by atoms with Gasteiger partial charge in [-0.05, 0) is 0 Å². The molecule has 0 radical (unpaired) electrons. The number of hydrogen-bond acceptors (Lipinski definition) is 0. The van der Waals surface area contributed by atoms with Crippen LogP contribution >= 0.6 is 17.0 Å². The van der Waals surface area contributed by atoms with Crippen LogP contribution in [0.5, 0.6) is 0 Å². The molecule has 0 spiro atoms. The van der Waals surface area contributed by atoms with Crippen LogP contribution in [0.3, 0.4) is 0 Å². The predicted molar refractivity (Wildman–Crippen MR) is 28.8 cm³/mol. The summed E-state index contributed by atoms with van der Waals surface area (Å²) < 4.78 is 0. The maximum atomic E-state index is 0. The average Bonchev–Trinajstić information content (AvgIpc) is 0.